The van der Waals surface area contributed by atoms with Crippen LogP contribution in [0.3, 0.4) is 0 Å². The number of hydrogen-bond acceptors (Lipinski definition) is 4. The summed E-state index contributed by atoms with van der Waals surface area (Å²) in [6.07, 6.45) is 3.88. The second-order valence-electron chi connectivity index (χ2n) is 6.28. The van der Waals surface area contributed by atoms with Crippen LogP contribution in [0.2, 0.25) is 0 Å². The Morgan fingerprint density at radius 2 is 2.04 bits per heavy atom. The van der Waals surface area contributed by atoms with Crippen LogP contribution in [-0.4, -0.2) is 30.2 Å². The van der Waals surface area contributed by atoms with Crippen LogP contribution in [-0.2, 0) is 4.74 Å². The lowest BCUT2D eigenvalue weighted by atomic mass is 10.1. The third kappa shape index (κ3) is 3.53. The summed E-state index contributed by atoms with van der Waals surface area (Å²) < 4.78 is 11.5. The van der Waals surface area contributed by atoms with Gasteiger partial charge >= 0.3 is 0 Å². The van der Waals surface area contributed by atoms with E-state index in [-0.39, 0.29) is 12.0 Å². The highest BCUT2D eigenvalue weighted by Gasteiger charge is 2.18. The molecule has 0 radical (unpaired) electrons. The van der Waals surface area contributed by atoms with Crippen LogP contribution < -0.4 is 10.1 Å². The monoisotopic (exact) mass is 348 g/mol. The summed E-state index contributed by atoms with van der Waals surface area (Å²) >= 11 is 0. The molecule has 132 valence electrons. The minimum absolute atomic E-state index is 0.105. The second-order valence-corrected chi connectivity index (χ2v) is 6.28. The van der Waals surface area contributed by atoms with Crippen molar-refractivity contribution in [2.24, 2.45) is 0 Å². The molecule has 1 saturated heterocycles. The molecule has 3 aromatic rings. The Morgan fingerprint density at radius 3 is 2.92 bits per heavy atom. The fourth-order valence-electron chi connectivity index (χ4n) is 3.13. The number of amides is 1. The van der Waals surface area contributed by atoms with Crippen molar-refractivity contribution in [1.29, 1.82) is 0 Å². The highest BCUT2D eigenvalue weighted by Crippen LogP contribution is 2.24. The van der Waals surface area contributed by atoms with Crippen LogP contribution in [0.4, 0.5) is 5.69 Å². The minimum Gasteiger partial charge on any atom is -0.490 e. The Hall–Kier alpha value is -2.92. The minimum atomic E-state index is -0.217. The number of benzene rings is 2. The van der Waals surface area contributed by atoms with Crippen LogP contribution in [0, 0.1) is 0 Å². The number of ether oxygens (including phenoxy) is 2. The highest BCUT2D eigenvalue weighted by atomic mass is 16.5. The summed E-state index contributed by atoms with van der Waals surface area (Å²) in [4.78, 5) is 17.2. The maximum Gasteiger partial charge on any atom is 0.259 e. The van der Waals surface area contributed by atoms with E-state index in [0.29, 0.717) is 23.6 Å². The first-order valence-corrected chi connectivity index (χ1v) is 8.80. The predicted octanol–water partition coefficient (Wildman–Crippen LogP) is 4.04. The molecule has 4 rings (SSSR count). The lowest BCUT2D eigenvalue weighted by Gasteiger charge is -2.15. The van der Waals surface area contributed by atoms with E-state index < -0.39 is 0 Å². The van der Waals surface area contributed by atoms with Crippen LogP contribution in [0.5, 0.6) is 5.75 Å². The van der Waals surface area contributed by atoms with Crippen LogP contribution >= 0.6 is 0 Å². The summed E-state index contributed by atoms with van der Waals surface area (Å²) in [5.41, 5.74) is 1.95. The Bertz CT molecular complexity index is 915. The van der Waals surface area contributed by atoms with E-state index in [9.17, 15) is 4.79 Å². The quantitative estimate of drug-likeness (QED) is 0.756. The van der Waals surface area contributed by atoms with Crippen molar-refractivity contribution in [2.75, 3.05) is 18.5 Å². The van der Waals surface area contributed by atoms with Crippen molar-refractivity contribution < 1.29 is 14.3 Å². The molecule has 1 aliphatic rings. The number of aromatic nitrogens is 1. The fourth-order valence-corrected chi connectivity index (χ4v) is 3.13. The number of nitrogens with one attached hydrogen (secondary N) is 1. The number of fused-ring (bicyclic) bond motifs is 1. The van der Waals surface area contributed by atoms with Crippen LogP contribution in [0.25, 0.3) is 10.9 Å². The van der Waals surface area contributed by atoms with E-state index in [2.05, 4.69) is 10.3 Å². The molecule has 1 fully saturated rings. The van der Waals surface area contributed by atoms with E-state index in [1.165, 1.54) is 0 Å². The number of hydrogen-bond donors (Lipinski definition) is 1. The summed E-state index contributed by atoms with van der Waals surface area (Å²) in [5.74, 6) is 0.347. The molecule has 1 atom stereocenters. The topological polar surface area (TPSA) is 60.5 Å². The summed E-state index contributed by atoms with van der Waals surface area (Å²) in [6, 6.07) is 16.8. The van der Waals surface area contributed by atoms with Gasteiger partial charge in [-0.1, -0.05) is 30.3 Å². The summed E-state index contributed by atoms with van der Waals surface area (Å²) in [7, 11) is 0. The van der Waals surface area contributed by atoms with Gasteiger partial charge in [-0.25, -0.2) is 0 Å². The van der Waals surface area contributed by atoms with Crippen LogP contribution in [0.15, 0.2) is 60.8 Å². The second kappa shape index (κ2) is 7.54. The van der Waals surface area contributed by atoms with Crippen molar-refractivity contribution in [3.63, 3.8) is 0 Å². The molecule has 0 saturated carbocycles. The van der Waals surface area contributed by atoms with E-state index in [0.717, 1.165) is 30.4 Å². The molecular formula is C21H20N2O3. The predicted molar refractivity (Wildman–Crippen MR) is 101 cm³/mol. The normalized spacial score (nSPS) is 16.5. The van der Waals surface area contributed by atoms with E-state index >= 15 is 0 Å². The molecule has 0 aliphatic carbocycles. The number of anilines is 1. The first-order chi connectivity index (χ1) is 12.8. The van der Waals surface area contributed by atoms with Crippen molar-refractivity contribution in [3.05, 3.63) is 66.4 Å². The zero-order chi connectivity index (χ0) is 17.8. The van der Waals surface area contributed by atoms with Gasteiger partial charge in [0, 0.05) is 18.2 Å². The maximum absolute atomic E-state index is 12.8. The molecule has 26 heavy (non-hydrogen) atoms. The molecule has 0 bridgehead atoms. The van der Waals surface area contributed by atoms with Gasteiger partial charge in [0.2, 0.25) is 0 Å². The van der Waals surface area contributed by atoms with Gasteiger partial charge in [-0.15, -0.1) is 0 Å². The third-order valence-corrected chi connectivity index (χ3v) is 4.46. The average Bonchev–Trinajstić information content (AvgIpc) is 3.20. The first kappa shape index (κ1) is 16.5. The molecule has 2 heterocycles. The Kier molecular flexibility index (Phi) is 4.80. The first-order valence-electron chi connectivity index (χ1n) is 8.80. The molecule has 5 heteroatoms. The Labute approximate surface area is 152 Å². The van der Waals surface area contributed by atoms with Gasteiger partial charge in [0.05, 0.1) is 22.9 Å². The maximum atomic E-state index is 12.8. The van der Waals surface area contributed by atoms with Gasteiger partial charge in [-0.05, 0) is 37.1 Å². The average molecular weight is 348 g/mol. The summed E-state index contributed by atoms with van der Waals surface area (Å²) in [6.45, 7) is 1.24. The third-order valence-electron chi connectivity index (χ3n) is 4.46. The Morgan fingerprint density at radius 1 is 1.15 bits per heavy atom. The number of carbonyl (C=O) groups excluding carboxylic acids is 1. The SMILES string of the molecule is O=C(Nc1cccc2cccnc12)c1ccccc1OC[C@H]1CCCO1. The van der Waals surface area contributed by atoms with Gasteiger partial charge in [-0.2, -0.15) is 0 Å². The van der Waals surface area contributed by atoms with Gasteiger partial charge < -0.3 is 14.8 Å². The molecule has 2 aromatic carbocycles. The van der Waals surface area contributed by atoms with Crippen molar-refractivity contribution >= 4 is 22.5 Å². The lowest BCUT2D eigenvalue weighted by Crippen LogP contribution is -2.19. The molecule has 5 nitrogen and oxygen atoms in total. The number of para-hydroxylation sites is 2. The van der Waals surface area contributed by atoms with E-state index in [1.807, 2.05) is 48.5 Å². The molecule has 1 amide bonds. The fraction of sp³-hybridized carbons (Fsp3) is 0.238. The van der Waals surface area contributed by atoms with Crippen LogP contribution in [0.1, 0.15) is 23.2 Å². The number of rotatable bonds is 5. The van der Waals surface area contributed by atoms with Gasteiger partial charge in [0.1, 0.15) is 12.4 Å². The largest absolute Gasteiger partial charge is 0.490 e. The molecule has 1 aliphatic heterocycles. The van der Waals surface area contributed by atoms with Crippen molar-refractivity contribution in [2.45, 2.75) is 18.9 Å². The number of carbonyl (C=O) groups is 1. The standard InChI is InChI=1S/C21H20N2O3/c24-21(23-18-10-3-6-15-7-4-12-22-20(15)18)17-9-1-2-11-19(17)26-14-16-8-5-13-25-16/h1-4,6-7,9-12,16H,5,8,13-14H2,(H,23,24)/t16-/m1/s1. The van der Waals surface area contributed by atoms with Crippen molar-refractivity contribution in [3.8, 4) is 5.75 Å². The van der Waals surface area contributed by atoms with E-state index in [4.69, 9.17) is 9.47 Å². The molecule has 1 N–H and O–H groups in total. The lowest BCUT2D eigenvalue weighted by molar-refractivity contribution is 0.0673. The van der Waals surface area contributed by atoms with Gasteiger partial charge in [0.25, 0.3) is 5.91 Å². The van der Waals surface area contributed by atoms with Crippen molar-refractivity contribution in [1.82, 2.24) is 4.98 Å². The zero-order valence-electron chi connectivity index (χ0n) is 14.4. The molecule has 1 aromatic heterocycles. The number of pyridine rings is 1. The smallest absolute Gasteiger partial charge is 0.259 e. The highest BCUT2D eigenvalue weighted by molar-refractivity contribution is 6.09. The zero-order valence-corrected chi connectivity index (χ0v) is 14.4. The van der Waals surface area contributed by atoms with Gasteiger partial charge in [-0.3, -0.25) is 9.78 Å². The Balaban J connectivity index is 1.54. The number of nitrogens with zero attached hydrogens (tertiary/aromatic N) is 1. The van der Waals surface area contributed by atoms with Gasteiger partial charge in [0.15, 0.2) is 0 Å². The summed E-state index contributed by atoms with van der Waals surface area (Å²) in [5, 5.41) is 3.94. The molecular weight excluding hydrogens is 328 g/mol. The molecule has 0 spiro atoms. The molecule has 0 unspecified atom stereocenters. The van der Waals surface area contributed by atoms with E-state index in [1.54, 1.807) is 12.3 Å².